The first-order chi connectivity index (χ1) is 13.7. The molecule has 2 aromatic carbocycles. The van der Waals surface area contributed by atoms with Crippen LogP contribution in [0.15, 0.2) is 42.5 Å². The Balaban J connectivity index is 1.33. The molecule has 3 rings (SSSR count). The molecule has 0 atom stereocenters. The van der Waals surface area contributed by atoms with Gasteiger partial charge in [-0.15, -0.1) is 0 Å². The van der Waals surface area contributed by atoms with Crippen LogP contribution in [0, 0.1) is 5.92 Å². The number of benzene rings is 2. The van der Waals surface area contributed by atoms with Crippen molar-refractivity contribution in [1.82, 2.24) is 4.90 Å². The zero-order chi connectivity index (χ0) is 19.8. The molecule has 0 amide bonds. The van der Waals surface area contributed by atoms with Gasteiger partial charge in [0, 0.05) is 12.6 Å². The van der Waals surface area contributed by atoms with Crippen LogP contribution in [0.1, 0.15) is 24.8 Å². The minimum Gasteiger partial charge on any atom is -0.497 e. The van der Waals surface area contributed by atoms with Crippen molar-refractivity contribution in [2.45, 2.75) is 25.7 Å². The first kappa shape index (κ1) is 20.8. The van der Waals surface area contributed by atoms with E-state index in [1.165, 1.54) is 31.5 Å². The summed E-state index contributed by atoms with van der Waals surface area (Å²) in [5.74, 6) is 3.15. The molecule has 1 aliphatic rings. The summed E-state index contributed by atoms with van der Waals surface area (Å²) in [7, 11) is 3.32. The van der Waals surface area contributed by atoms with Crippen molar-refractivity contribution >= 4 is 11.6 Å². The largest absolute Gasteiger partial charge is 0.497 e. The van der Waals surface area contributed by atoms with Gasteiger partial charge < -0.3 is 19.1 Å². The van der Waals surface area contributed by atoms with Crippen LogP contribution < -0.4 is 14.2 Å². The third-order valence-electron chi connectivity index (χ3n) is 5.50. The van der Waals surface area contributed by atoms with E-state index in [9.17, 15) is 0 Å². The summed E-state index contributed by atoms with van der Waals surface area (Å²) < 4.78 is 16.3. The van der Waals surface area contributed by atoms with Crippen molar-refractivity contribution in [2.75, 3.05) is 40.5 Å². The fourth-order valence-corrected chi connectivity index (χ4v) is 3.91. The molecular formula is C23H30ClNO3. The van der Waals surface area contributed by atoms with Gasteiger partial charge in [-0.05, 0) is 74.5 Å². The van der Waals surface area contributed by atoms with Crippen LogP contribution in [0.25, 0.3) is 0 Å². The maximum Gasteiger partial charge on any atom is 0.137 e. The normalized spacial score (nSPS) is 15.4. The molecule has 28 heavy (non-hydrogen) atoms. The maximum atomic E-state index is 6.15. The number of likely N-dealkylation sites (tertiary alicyclic amines) is 1. The number of piperidine rings is 1. The molecule has 1 heterocycles. The Morgan fingerprint density at radius 2 is 1.68 bits per heavy atom. The Bertz CT molecular complexity index is 727. The molecular weight excluding hydrogens is 374 g/mol. The summed E-state index contributed by atoms with van der Waals surface area (Å²) in [6.07, 6.45) is 4.68. The zero-order valence-corrected chi connectivity index (χ0v) is 17.6. The van der Waals surface area contributed by atoms with Crippen LogP contribution in [0.5, 0.6) is 17.2 Å². The third-order valence-corrected chi connectivity index (χ3v) is 5.80. The van der Waals surface area contributed by atoms with Gasteiger partial charge in [0.2, 0.25) is 0 Å². The Kier molecular flexibility index (Phi) is 7.87. The molecule has 1 fully saturated rings. The SMILES string of the molecule is COc1ccc(CCN2CCC(CCOc3ccc(OC)c(Cl)c3)CC2)cc1. The second-order valence-electron chi connectivity index (χ2n) is 7.32. The lowest BCUT2D eigenvalue weighted by Gasteiger charge is -2.32. The summed E-state index contributed by atoms with van der Waals surface area (Å²) in [5, 5.41) is 0.588. The topological polar surface area (TPSA) is 30.9 Å². The fraction of sp³-hybridized carbons (Fsp3) is 0.478. The highest BCUT2D eigenvalue weighted by molar-refractivity contribution is 6.32. The Hall–Kier alpha value is -1.91. The van der Waals surface area contributed by atoms with E-state index in [0.717, 1.165) is 43.4 Å². The summed E-state index contributed by atoms with van der Waals surface area (Å²) in [5.41, 5.74) is 1.37. The second-order valence-corrected chi connectivity index (χ2v) is 7.72. The molecule has 152 valence electrons. The molecule has 0 unspecified atom stereocenters. The van der Waals surface area contributed by atoms with Crippen molar-refractivity contribution in [1.29, 1.82) is 0 Å². The van der Waals surface area contributed by atoms with E-state index in [-0.39, 0.29) is 0 Å². The first-order valence-electron chi connectivity index (χ1n) is 9.99. The van der Waals surface area contributed by atoms with Crippen molar-refractivity contribution in [2.24, 2.45) is 5.92 Å². The lowest BCUT2D eigenvalue weighted by atomic mass is 9.93. The van der Waals surface area contributed by atoms with Gasteiger partial charge in [-0.2, -0.15) is 0 Å². The minimum atomic E-state index is 0.588. The van der Waals surface area contributed by atoms with Crippen molar-refractivity contribution in [3.8, 4) is 17.2 Å². The summed E-state index contributed by atoms with van der Waals surface area (Å²) in [6, 6.07) is 14.0. The first-order valence-corrected chi connectivity index (χ1v) is 10.4. The summed E-state index contributed by atoms with van der Waals surface area (Å²) in [4.78, 5) is 2.57. The van der Waals surface area contributed by atoms with Gasteiger partial charge in [0.15, 0.2) is 0 Å². The molecule has 1 saturated heterocycles. The maximum absolute atomic E-state index is 6.15. The molecule has 0 spiro atoms. The van der Waals surface area contributed by atoms with E-state index in [2.05, 4.69) is 17.0 Å². The molecule has 0 radical (unpaired) electrons. The van der Waals surface area contributed by atoms with Gasteiger partial charge in [-0.1, -0.05) is 23.7 Å². The van der Waals surface area contributed by atoms with Gasteiger partial charge in [0.25, 0.3) is 0 Å². The molecule has 1 aliphatic heterocycles. The molecule has 2 aromatic rings. The smallest absolute Gasteiger partial charge is 0.137 e. The van der Waals surface area contributed by atoms with Crippen LogP contribution in [-0.2, 0) is 6.42 Å². The molecule has 0 aliphatic carbocycles. The Labute approximate surface area is 173 Å². The predicted octanol–water partition coefficient (Wildman–Crippen LogP) is 5.08. The predicted molar refractivity (Wildman–Crippen MR) is 114 cm³/mol. The third kappa shape index (κ3) is 6.05. The lowest BCUT2D eigenvalue weighted by molar-refractivity contribution is 0.164. The number of hydrogen-bond donors (Lipinski definition) is 0. The van der Waals surface area contributed by atoms with Gasteiger partial charge in [0.1, 0.15) is 17.2 Å². The number of halogens is 1. The van der Waals surface area contributed by atoms with Crippen LogP contribution >= 0.6 is 11.6 Å². The minimum absolute atomic E-state index is 0.588. The summed E-state index contributed by atoms with van der Waals surface area (Å²) >= 11 is 6.15. The van der Waals surface area contributed by atoms with Crippen LogP contribution in [0.3, 0.4) is 0 Å². The van der Waals surface area contributed by atoms with E-state index in [4.69, 9.17) is 25.8 Å². The van der Waals surface area contributed by atoms with Crippen molar-refractivity contribution in [3.05, 3.63) is 53.1 Å². The standard InChI is InChI=1S/C23H30ClNO3/c1-26-20-5-3-18(4-6-20)9-13-25-14-10-19(11-15-25)12-16-28-21-7-8-23(27-2)22(24)17-21/h3-8,17,19H,9-16H2,1-2H3. The van der Waals surface area contributed by atoms with E-state index in [1.54, 1.807) is 14.2 Å². The fourth-order valence-electron chi connectivity index (χ4n) is 3.66. The number of rotatable bonds is 9. The zero-order valence-electron chi connectivity index (χ0n) is 16.8. The molecule has 0 bridgehead atoms. The van der Waals surface area contributed by atoms with Crippen LogP contribution in [0.4, 0.5) is 0 Å². The molecule has 5 heteroatoms. The number of hydrogen-bond acceptors (Lipinski definition) is 4. The van der Waals surface area contributed by atoms with Gasteiger partial charge in [-0.3, -0.25) is 0 Å². The highest BCUT2D eigenvalue weighted by atomic mass is 35.5. The van der Waals surface area contributed by atoms with E-state index < -0.39 is 0 Å². The number of methoxy groups -OCH3 is 2. The molecule has 0 aromatic heterocycles. The van der Waals surface area contributed by atoms with Crippen LogP contribution in [-0.4, -0.2) is 45.4 Å². The number of ether oxygens (including phenoxy) is 3. The lowest BCUT2D eigenvalue weighted by Crippen LogP contribution is -2.35. The highest BCUT2D eigenvalue weighted by Gasteiger charge is 2.19. The van der Waals surface area contributed by atoms with Gasteiger partial charge >= 0.3 is 0 Å². The molecule has 0 saturated carbocycles. The van der Waals surface area contributed by atoms with Gasteiger partial charge in [0.05, 0.1) is 25.8 Å². The quantitative estimate of drug-likeness (QED) is 0.584. The van der Waals surface area contributed by atoms with E-state index >= 15 is 0 Å². The van der Waals surface area contributed by atoms with Crippen molar-refractivity contribution in [3.63, 3.8) is 0 Å². The van der Waals surface area contributed by atoms with Gasteiger partial charge in [-0.25, -0.2) is 0 Å². The molecule has 0 N–H and O–H groups in total. The second kappa shape index (κ2) is 10.6. The van der Waals surface area contributed by atoms with E-state index in [1.807, 2.05) is 30.3 Å². The summed E-state index contributed by atoms with van der Waals surface area (Å²) in [6.45, 7) is 4.21. The Morgan fingerprint density at radius 3 is 2.32 bits per heavy atom. The molecule has 4 nitrogen and oxygen atoms in total. The average Bonchev–Trinajstić information content (AvgIpc) is 2.74. The highest BCUT2D eigenvalue weighted by Crippen LogP contribution is 2.29. The monoisotopic (exact) mass is 403 g/mol. The average molecular weight is 404 g/mol. The Morgan fingerprint density at radius 1 is 0.964 bits per heavy atom. The van der Waals surface area contributed by atoms with E-state index in [0.29, 0.717) is 10.8 Å². The number of nitrogens with zero attached hydrogens (tertiary/aromatic N) is 1. The van der Waals surface area contributed by atoms with Crippen molar-refractivity contribution < 1.29 is 14.2 Å². The van der Waals surface area contributed by atoms with Crippen LogP contribution in [0.2, 0.25) is 5.02 Å².